The maximum Gasteiger partial charge on any atom is 0.338 e. The predicted molar refractivity (Wildman–Crippen MR) is 79.3 cm³/mol. The van der Waals surface area contributed by atoms with E-state index in [0.717, 1.165) is 7.11 Å². The standard InChI is InChI=1S/C14H26O6Si/c1-13(2,3)21(5,6)20-10-8-14(18,12(17)19-4)7-9(15)11(10)16/h10-11,16,18H,7-8H2,1-6H3/t10-,11-,14+/m1/s1. The zero-order chi connectivity index (χ0) is 16.6. The third-order valence-electron chi connectivity index (χ3n) is 4.51. The van der Waals surface area contributed by atoms with E-state index in [4.69, 9.17) is 4.43 Å². The number of hydrogen-bond acceptors (Lipinski definition) is 6. The number of hydrogen-bond donors (Lipinski definition) is 2. The number of carbonyl (C=O) groups excluding carboxylic acids is 2. The Morgan fingerprint density at radius 3 is 2.33 bits per heavy atom. The molecule has 1 aliphatic rings. The summed E-state index contributed by atoms with van der Waals surface area (Å²) in [7, 11) is -1.09. The Morgan fingerprint density at radius 1 is 1.38 bits per heavy atom. The maximum absolute atomic E-state index is 11.9. The lowest BCUT2D eigenvalue weighted by molar-refractivity contribution is -0.178. The van der Waals surface area contributed by atoms with Crippen molar-refractivity contribution in [3.63, 3.8) is 0 Å². The van der Waals surface area contributed by atoms with Gasteiger partial charge in [-0.25, -0.2) is 4.79 Å². The molecule has 0 saturated heterocycles. The molecule has 0 aromatic rings. The highest BCUT2D eigenvalue weighted by molar-refractivity contribution is 6.74. The Labute approximate surface area is 126 Å². The van der Waals surface area contributed by atoms with Crippen molar-refractivity contribution in [2.75, 3.05) is 7.11 Å². The highest BCUT2D eigenvalue weighted by atomic mass is 28.4. The van der Waals surface area contributed by atoms with Crippen molar-refractivity contribution in [2.45, 2.75) is 69.6 Å². The SMILES string of the molecule is COC(=O)[C@]1(O)CC(=O)[C@@H](O)[C@H](O[Si](C)(C)C(C)(C)C)C1. The zero-order valence-electron chi connectivity index (χ0n) is 13.6. The third-order valence-corrected chi connectivity index (χ3v) is 9.01. The van der Waals surface area contributed by atoms with Crippen molar-refractivity contribution in [2.24, 2.45) is 0 Å². The zero-order valence-corrected chi connectivity index (χ0v) is 14.6. The van der Waals surface area contributed by atoms with Gasteiger partial charge in [0, 0.05) is 12.8 Å². The first-order valence-corrected chi connectivity index (χ1v) is 9.94. The molecular weight excluding hydrogens is 292 g/mol. The predicted octanol–water partition coefficient (Wildman–Crippen LogP) is 1.00. The molecule has 0 unspecified atom stereocenters. The number of ketones is 1. The molecule has 7 heteroatoms. The first kappa shape index (κ1) is 18.3. The van der Waals surface area contributed by atoms with E-state index in [1.54, 1.807) is 0 Å². The number of ether oxygens (including phenoxy) is 1. The average molecular weight is 318 g/mol. The monoisotopic (exact) mass is 318 g/mol. The van der Waals surface area contributed by atoms with E-state index in [2.05, 4.69) is 4.74 Å². The van der Waals surface area contributed by atoms with Crippen molar-refractivity contribution >= 4 is 20.1 Å². The Kier molecular flexibility index (Phi) is 5.04. The molecule has 0 aromatic heterocycles. The van der Waals surface area contributed by atoms with Gasteiger partial charge in [-0.15, -0.1) is 0 Å². The fourth-order valence-corrected chi connectivity index (χ4v) is 3.45. The fourth-order valence-electron chi connectivity index (χ4n) is 2.12. The van der Waals surface area contributed by atoms with E-state index in [-0.39, 0.29) is 11.5 Å². The molecule has 0 aromatic carbocycles. The van der Waals surface area contributed by atoms with Crippen molar-refractivity contribution in [1.29, 1.82) is 0 Å². The number of carbonyl (C=O) groups is 2. The molecule has 1 saturated carbocycles. The van der Waals surface area contributed by atoms with Gasteiger partial charge in [0.25, 0.3) is 0 Å². The van der Waals surface area contributed by atoms with Gasteiger partial charge in [0.2, 0.25) is 0 Å². The highest BCUT2D eigenvalue weighted by Gasteiger charge is 2.52. The van der Waals surface area contributed by atoms with E-state index in [0.29, 0.717) is 0 Å². The second-order valence-electron chi connectivity index (χ2n) is 7.23. The van der Waals surface area contributed by atoms with Crippen LogP contribution in [0.4, 0.5) is 0 Å². The Bertz CT molecular complexity index is 428. The first-order valence-electron chi connectivity index (χ1n) is 7.03. The number of methoxy groups -OCH3 is 1. The van der Waals surface area contributed by atoms with Crippen molar-refractivity contribution in [1.82, 2.24) is 0 Å². The summed E-state index contributed by atoms with van der Waals surface area (Å²) in [5.41, 5.74) is -1.92. The van der Waals surface area contributed by atoms with Crippen LogP contribution in [-0.4, -0.2) is 55.2 Å². The topological polar surface area (TPSA) is 93.1 Å². The molecule has 0 radical (unpaired) electrons. The quantitative estimate of drug-likeness (QED) is 0.596. The minimum atomic E-state index is -2.25. The largest absolute Gasteiger partial charge is 0.467 e. The lowest BCUT2D eigenvalue weighted by atomic mass is 9.80. The van der Waals surface area contributed by atoms with Gasteiger partial charge in [0.05, 0.1) is 13.2 Å². The van der Waals surface area contributed by atoms with Gasteiger partial charge in [-0.2, -0.15) is 0 Å². The molecule has 0 spiro atoms. The van der Waals surface area contributed by atoms with Gasteiger partial charge in [-0.05, 0) is 18.1 Å². The molecule has 1 aliphatic carbocycles. The van der Waals surface area contributed by atoms with Crippen LogP contribution in [0.25, 0.3) is 0 Å². The summed E-state index contributed by atoms with van der Waals surface area (Å²) in [6, 6.07) is 0. The van der Waals surface area contributed by atoms with Gasteiger partial charge in [-0.3, -0.25) is 4.79 Å². The lowest BCUT2D eigenvalue weighted by Crippen LogP contribution is -2.58. The molecule has 122 valence electrons. The number of aliphatic hydroxyl groups is 2. The average Bonchev–Trinajstić information content (AvgIpc) is 2.32. The van der Waals surface area contributed by atoms with Crippen LogP contribution in [0.2, 0.25) is 18.1 Å². The summed E-state index contributed by atoms with van der Waals surface area (Å²) in [6.45, 7) is 10.1. The van der Waals surface area contributed by atoms with E-state index in [1.807, 2.05) is 33.9 Å². The van der Waals surface area contributed by atoms with E-state index in [9.17, 15) is 19.8 Å². The minimum absolute atomic E-state index is 0.114. The molecule has 3 atom stereocenters. The summed E-state index contributed by atoms with van der Waals surface area (Å²) >= 11 is 0. The third kappa shape index (κ3) is 3.71. The first-order chi connectivity index (χ1) is 9.34. The normalized spacial score (nSPS) is 31.1. The van der Waals surface area contributed by atoms with Crippen LogP contribution in [0, 0.1) is 0 Å². The number of aliphatic hydroxyl groups excluding tert-OH is 1. The molecule has 0 bridgehead atoms. The van der Waals surface area contributed by atoms with Crippen molar-refractivity contribution < 1.29 is 29.0 Å². The van der Waals surface area contributed by atoms with Crippen LogP contribution in [-0.2, 0) is 18.8 Å². The second-order valence-corrected chi connectivity index (χ2v) is 12.0. The number of esters is 1. The van der Waals surface area contributed by atoms with E-state index >= 15 is 0 Å². The Morgan fingerprint density at radius 2 is 1.90 bits per heavy atom. The summed E-state index contributed by atoms with van der Waals surface area (Å²) in [5.74, 6) is -1.47. The van der Waals surface area contributed by atoms with Gasteiger partial charge >= 0.3 is 5.97 Å². The lowest BCUT2D eigenvalue weighted by Gasteiger charge is -2.44. The number of rotatable bonds is 3. The van der Waals surface area contributed by atoms with Gasteiger partial charge in [-0.1, -0.05) is 20.8 Å². The summed E-state index contributed by atoms with van der Waals surface area (Å²) in [5, 5.41) is 20.3. The molecule has 1 rings (SSSR count). The van der Waals surface area contributed by atoms with Crippen LogP contribution in [0.15, 0.2) is 0 Å². The Hall–Kier alpha value is -0.763. The van der Waals surface area contributed by atoms with Gasteiger partial charge in [0.1, 0.15) is 6.10 Å². The maximum atomic E-state index is 11.9. The smallest absolute Gasteiger partial charge is 0.338 e. The molecular formula is C14H26O6Si. The van der Waals surface area contributed by atoms with Crippen LogP contribution >= 0.6 is 0 Å². The molecule has 21 heavy (non-hydrogen) atoms. The van der Waals surface area contributed by atoms with Gasteiger partial charge < -0.3 is 19.4 Å². The van der Waals surface area contributed by atoms with Crippen LogP contribution < -0.4 is 0 Å². The van der Waals surface area contributed by atoms with Gasteiger partial charge in [0.15, 0.2) is 19.7 Å². The summed E-state index contributed by atoms with van der Waals surface area (Å²) < 4.78 is 10.6. The fraction of sp³-hybridized carbons (Fsp3) is 0.857. The second kappa shape index (κ2) is 5.79. The summed E-state index contributed by atoms with van der Waals surface area (Å²) in [4.78, 5) is 23.6. The van der Waals surface area contributed by atoms with Crippen molar-refractivity contribution in [3.05, 3.63) is 0 Å². The highest BCUT2D eigenvalue weighted by Crippen LogP contribution is 2.40. The van der Waals surface area contributed by atoms with Crippen LogP contribution in [0.1, 0.15) is 33.6 Å². The van der Waals surface area contributed by atoms with Crippen LogP contribution in [0.5, 0.6) is 0 Å². The summed E-state index contributed by atoms with van der Waals surface area (Å²) in [6.07, 6.45) is -2.79. The van der Waals surface area contributed by atoms with Crippen molar-refractivity contribution in [3.8, 4) is 0 Å². The Balaban J connectivity index is 3.00. The number of Topliss-reactive ketones (excluding diaryl/α,β-unsaturated/α-hetero) is 1. The molecule has 0 amide bonds. The molecule has 2 N–H and O–H groups in total. The van der Waals surface area contributed by atoms with E-state index < -0.39 is 44.3 Å². The molecule has 0 heterocycles. The van der Waals surface area contributed by atoms with Crippen LogP contribution in [0.3, 0.4) is 0 Å². The molecule has 6 nitrogen and oxygen atoms in total. The molecule has 1 fully saturated rings. The molecule has 0 aliphatic heterocycles. The van der Waals surface area contributed by atoms with E-state index in [1.165, 1.54) is 0 Å². The minimum Gasteiger partial charge on any atom is -0.467 e.